The first-order chi connectivity index (χ1) is 22.7. The van der Waals surface area contributed by atoms with E-state index in [4.69, 9.17) is 0 Å². The third kappa shape index (κ3) is 3.02. The van der Waals surface area contributed by atoms with Crippen molar-refractivity contribution < 1.29 is 0 Å². The van der Waals surface area contributed by atoms with E-state index in [9.17, 15) is 0 Å². The van der Waals surface area contributed by atoms with Crippen LogP contribution < -0.4 is 26.2 Å². The first-order valence-electron chi connectivity index (χ1n) is 17.8. The third-order valence-electron chi connectivity index (χ3n) is 13.3. The Kier molecular flexibility index (Phi) is 5.05. The summed E-state index contributed by atoms with van der Waals surface area (Å²) in [5.41, 5.74) is 18.7. The summed E-state index contributed by atoms with van der Waals surface area (Å²) in [5, 5.41) is 0. The van der Waals surface area contributed by atoms with Crippen molar-refractivity contribution in [3.8, 4) is 0 Å². The average Bonchev–Trinajstić information content (AvgIpc) is 3.08. The fourth-order valence-electron chi connectivity index (χ4n) is 12.0. The van der Waals surface area contributed by atoms with Crippen molar-refractivity contribution in [1.82, 2.24) is 0 Å². The molecular weight excluding hydrogens is 555 g/mol. The molecule has 0 amide bonds. The summed E-state index contributed by atoms with van der Waals surface area (Å²) < 4.78 is 0. The van der Waals surface area contributed by atoms with Gasteiger partial charge in [0.05, 0.1) is 5.69 Å². The highest BCUT2D eigenvalue weighted by molar-refractivity contribution is 7.00. The maximum atomic E-state index is 2.70. The molecule has 1 spiro atoms. The summed E-state index contributed by atoms with van der Waals surface area (Å²) in [5.74, 6) is 3.36. The lowest BCUT2D eigenvalue weighted by molar-refractivity contribution is -0.0419. The molecule has 46 heavy (non-hydrogen) atoms. The van der Waals surface area contributed by atoms with Gasteiger partial charge in [0.1, 0.15) is 0 Å². The molecule has 0 atom stereocenters. The molecule has 3 aliphatic heterocycles. The first kappa shape index (κ1) is 25.9. The van der Waals surface area contributed by atoms with E-state index < -0.39 is 0 Å². The minimum Gasteiger partial charge on any atom is -0.311 e. The highest BCUT2D eigenvalue weighted by atomic mass is 15.2. The first-order valence-corrected chi connectivity index (χ1v) is 17.8. The van der Waals surface area contributed by atoms with Gasteiger partial charge in [-0.2, -0.15) is 0 Å². The van der Waals surface area contributed by atoms with Crippen LogP contribution in [0.25, 0.3) is 0 Å². The van der Waals surface area contributed by atoms with Crippen LogP contribution in [0.15, 0.2) is 103 Å². The average molecular weight is 595 g/mol. The molecular formula is C43H39BN2. The SMILES string of the molecule is CCc1cccc(N2c3cccc(C)c3B3c4cccc5c4N(c4ccccc4C54C5CC6CC(C5)CC4C6)c4cccc2c43)c1. The topological polar surface area (TPSA) is 6.48 Å². The molecule has 0 saturated heterocycles. The van der Waals surface area contributed by atoms with E-state index in [1.807, 2.05) is 0 Å². The summed E-state index contributed by atoms with van der Waals surface area (Å²) in [4.78, 5) is 5.26. The van der Waals surface area contributed by atoms with Gasteiger partial charge in [-0.25, -0.2) is 0 Å². The van der Waals surface area contributed by atoms with Crippen LogP contribution in [-0.4, -0.2) is 6.71 Å². The van der Waals surface area contributed by atoms with E-state index in [1.54, 1.807) is 11.1 Å². The van der Waals surface area contributed by atoms with Crippen LogP contribution in [0.5, 0.6) is 0 Å². The van der Waals surface area contributed by atoms with Crippen LogP contribution in [0.2, 0.25) is 0 Å². The van der Waals surface area contributed by atoms with Crippen LogP contribution in [-0.2, 0) is 11.8 Å². The highest BCUT2D eigenvalue weighted by Gasteiger charge is 2.62. The number of para-hydroxylation sites is 2. The molecule has 2 nitrogen and oxygen atoms in total. The zero-order valence-corrected chi connectivity index (χ0v) is 26.8. The molecule has 0 aromatic heterocycles. The molecule has 5 aromatic rings. The smallest absolute Gasteiger partial charge is 0.252 e. The van der Waals surface area contributed by atoms with E-state index in [0.717, 1.165) is 30.1 Å². The number of rotatable bonds is 2. The van der Waals surface area contributed by atoms with Gasteiger partial charge in [-0.15, -0.1) is 0 Å². The third-order valence-corrected chi connectivity index (χ3v) is 13.3. The van der Waals surface area contributed by atoms with Crippen molar-refractivity contribution in [1.29, 1.82) is 0 Å². The molecule has 5 aromatic carbocycles. The molecule has 7 aliphatic rings. The van der Waals surface area contributed by atoms with Gasteiger partial charge in [0, 0.05) is 33.9 Å². The van der Waals surface area contributed by atoms with Gasteiger partial charge in [-0.1, -0.05) is 79.2 Å². The van der Waals surface area contributed by atoms with Gasteiger partial charge in [0.2, 0.25) is 0 Å². The lowest BCUT2D eigenvalue weighted by Crippen LogP contribution is -2.64. The maximum absolute atomic E-state index is 2.70. The summed E-state index contributed by atoms with van der Waals surface area (Å²) in [6.45, 7) is 4.80. The molecule has 4 bridgehead atoms. The predicted octanol–water partition coefficient (Wildman–Crippen LogP) is 8.70. The van der Waals surface area contributed by atoms with Gasteiger partial charge in [-0.3, -0.25) is 0 Å². The predicted molar refractivity (Wildman–Crippen MR) is 192 cm³/mol. The minimum atomic E-state index is 0.122. The lowest BCUT2D eigenvalue weighted by atomic mass is 9.32. The Morgan fingerprint density at radius 2 is 1.26 bits per heavy atom. The van der Waals surface area contributed by atoms with Gasteiger partial charge in [0.15, 0.2) is 0 Å². The number of anilines is 6. The van der Waals surface area contributed by atoms with Gasteiger partial charge in [0.25, 0.3) is 6.71 Å². The molecule has 4 saturated carbocycles. The fourth-order valence-corrected chi connectivity index (χ4v) is 12.0. The molecule has 3 heteroatoms. The molecule has 3 heterocycles. The maximum Gasteiger partial charge on any atom is 0.252 e. The van der Waals surface area contributed by atoms with Gasteiger partial charge >= 0.3 is 0 Å². The quantitative estimate of drug-likeness (QED) is 0.185. The van der Waals surface area contributed by atoms with Crippen LogP contribution in [0, 0.1) is 30.6 Å². The Hall–Kier alpha value is -4.24. The van der Waals surface area contributed by atoms with Crippen molar-refractivity contribution in [3.05, 3.63) is 125 Å². The molecule has 12 rings (SSSR count). The summed E-state index contributed by atoms with van der Waals surface area (Å²) in [6.07, 6.45) is 8.14. The minimum absolute atomic E-state index is 0.122. The molecule has 0 unspecified atom stereocenters. The van der Waals surface area contributed by atoms with Crippen molar-refractivity contribution in [3.63, 3.8) is 0 Å². The lowest BCUT2D eigenvalue weighted by Gasteiger charge is -2.64. The van der Waals surface area contributed by atoms with Crippen molar-refractivity contribution in [2.75, 3.05) is 9.80 Å². The number of fused-ring (bicyclic) bond motifs is 6. The Labute approximate surface area is 273 Å². The molecule has 0 radical (unpaired) electrons. The summed E-state index contributed by atoms with van der Waals surface area (Å²) >= 11 is 0. The Balaban J connectivity index is 1.23. The number of hydrogen-bond donors (Lipinski definition) is 0. The number of nitrogens with zero attached hydrogens (tertiary/aromatic N) is 2. The van der Waals surface area contributed by atoms with Gasteiger partial charge < -0.3 is 9.80 Å². The zero-order chi connectivity index (χ0) is 30.3. The summed E-state index contributed by atoms with van der Waals surface area (Å²) in [7, 11) is 0. The standard InChI is InChI=1S/C43H39BN2/c1-3-27-11-7-12-32(25-27)45-37-17-6-10-26(2)40(37)44-35-15-8-14-34-42(35)46(39-19-9-18-38(45)41(39)44)36-16-5-4-13-33(36)43(34)30-21-28-20-29(23-30)24-31(43)22-28/h4-19,25,28-31H,3,20-24H2,1-2H3. The molecule has 224 valence electrons. The number of hydrogen-bond acceptors (Lipinski definition) is 2. The number of benzene rings is 5. The molecule has 0 N–H and O–H groups in total. The highest BCUT2D eigenvalue weighted by Crippen LogP contribution is 2.69. The van der Waals surface area contributed by atoms with E-state index in [1.165, 1.54) is 93.7 Å². The normalized spacial score (nSPS) is 27.0. The van der Waals surface area contributed by atoms with Crippen LogP contribution in [0.1, 0.15) is 61.3 Å². The van der Waals surface area contributed by atoms with Crippen molar-refractivity contribution in [2.24, 2.45) is 23.7 Å². The van der Waals surface area contributed by atoms with Crippen LogP contribution >= 0.6 is 0 Å². The fraction of sp³-hybridized carbons (Fsp3) is 0.302. The Morgan fingerprint density at radius 1 is 0.630 bits per heavy atom. The van der Waals surface area contributed by atoms with Gasteiger partial charge in [-0.05, 0) is 139 Å². The second kappa shape index (κ2) is 8.97. The van der Waals surface area contributed by atoms with Crippen molar-refractivity contribution >= 4 is 57.2 Å². The summed E-state index contributed by atoms with van der Waals surface area (Å²) in [6, 6.07) is 40.3. The Morgan fingerprint density at radius 3 is 2.04 bits per heavy atom. The Bertz CT molecular complexity index is 2080. The number of aryl methyl sites for hydroxylation is 2. The van der Waals surface area contributed by atoms with Crippen molar-refractivity contribution in [2.45, 2.75) is 57.8 Å². The van der Waals surface area contributed by atoms with Crippen LogP contribution in [0.4, 0.5) is 34.1 Å². The van der Waals surface area contributed by atoms with E-state index in [-0.39, 0.29) is 12.1 Å². The largest absolute Gasteiger partial charge is 0.311 e. The zero-order valence-electron chi connectivity index (χ0n) is 26.8. The molecule has 4 fully saturated rings. The monoisotopic (exact) mass is 594 g/mol. The van der Waals surface area contributed by atoms with E-state index in [0.29, 0.717) is 0 Å². The second-order valence-electron chi connectivity index (χ2n) is 15.3. The van der Waals surface area contributed by atoms with E-state index >= 15 is 0 Å². The van der Waals surface area contributed by atoms with Crippen LogP contribution in [0.3, 0.4) is 0 Å². The van der Waals surface area contributed by atoms with E-state index in [2.05, 4.69) is 127 Å². The second-order valence-corrected chi connectivity index (χ2v) is 15.3. The molecule has 4 aliphatic carbocycles.